The summed E-state index contributed by atoms with van der Waals surface area (Å²) in [5, 5.41) is 2.71. The van der Waals surface area contributed by atoms with Crippen LogP contribution in [-0.4, -0.2) is 20.7 Å². The number of fused-ring (bicyclic) bond motifs is 1. The number of carbonyl (C=O) groups excluding carboxylic acids is 1. The maximum Gasteiger partial charge on any atom is 0.263 e. The van der Waals surface area contributed by atoms with Gasteiger partial charge in [0.25, 0.3) is 5.56 Å². The fourth-order valence-electron chi connectivity index (χ4n) is 2.73. The van der Waals surface area contributed by atoms with Gasteiger partial charge in [0.15, 0.2) is 5.16 Å². The number of aryl methyl sites for hydroxylation is 2. The summed E-state index contributed by atoms with van der Waals surface area (Å²) < 4.78 is 28.3. The van der Waals surface area contributed by atoms with E-state index in [4.69, 9.17) is 0 Å². The summed E-state index contributed by atoms with van der Waals surface area (Å²) in [5.74, 6) is -2.07. The second-order valence-corrected chi connectivity index (χ2v) is 8.95. The molecule has 1 aromatic carbocycles. The summed E-state index contributed by atoms with van der Waals surface area (Å²) in [6, 6.07) is 2.93. The number of nitrogens with one attached hydrogen (secondary N) is 1. The predicted octanol–water partition coefficient (Wildman–Crippen LogP) is 4.66. The van der Waals surface area contributed by atoms with Gasteiger partial charge >= 0.3 is 0 Å². The van der Waals surface area contributed by atoms with Gasteiger partial charge in [-0.15, -0.1) is 17.9 Å². The van der Waals surface area contributed by atoms with Gasteiger partial charge in [0, 0.05) is 17.5 Å². The molecule has 1 atom stereocenters. The second-order valence-electron chi connectivity index (χ2n) is 6.44. The molecule has 0 saturated carbocycles. The Morgan fingerprint density at radius 2 is 2.14 bits per heavy atom. The lowest BCUT2D eigenvalue weighted by molar-refractivity contribution is -0.115. The Hall–Kier alpha value is -2.52. The fraction of sp³-hybridized carbons (Fsp3) is 0.250. The van der Waals surface area contributed by atoms with Crippen LogP contribution in [0.15, 0.2) is 40.8 Å². The number of rotatable bonds is 6. The first kappa shape index (κ1) is 21.2. The molecule has 5 nitrogen and oxygen atoms in total. The van der Waals surface area contributed by atoms with Crippen molar-refractivity contribution in [2.45, 2.75) is 37.7 Å². The number of hydrogen-bond donors (Lipinski definition) is 1. The number of hydrogen-bond acceptors (Lipinski definition) is 5. The van der Waals surface area contributed by atoms with E-state index in [2.05, 4.69) is 16.9 Å². The van der Waals surface area contributed by atoms with Crippen LogP contribution >= 0.6 is 23.1 Å². The number of carbonyl (C=O) groups is 1. The molecule has 0 saturated heterocycles. The smallest absolute Gasteiger partial charge is 0.263 e. The van der Waals surface area contributed by atoms with Crippen molar-refractivity contribution < 1.29 is 13.6 Å². The molecular formula is C20H19F2N3O2S2. The van der Waals surface area contributed by atoms with E-state index in [0.717, 1.165) is 34.3 Å². The Balaban J connectivity index is 1.91. The van der Waals surface area contributed by atoms with Crippen molar-refractivity contribution in [3.63, 3.8) is 0 Å². The van der Waals surface area contributed by atoms with Crippen LogP contribution in [0.25, 0.3) is 10.2 Å². The number of allylic oxidation sites excluding steroid dienone is 1. The van der Waals surface area contributed by atoms with Gasteiger partial charge in [0.2, 0.25) is 5.91 Å². The molecule has 1 N–H and O–H groups in total. The van der Waals surface area contributed by atoms with Crippen molar-refractivity contribution in [1.29, 1.82) is 0 Å². The largest absolute Gasteiger partial charge is 0.323 e. The minimum Gasteiger partial charge on any atom is -0.323 e. The van der Waals surface area contributed by atoms with Crippen LogP contribution in [0.3, 0.4) is 0 Å². The molecule has 0 aliphatic carbocycles. The van der Waals surface area contributed by atoms with Crippen molar-refractivity contribution in [3.05, 3.63) is 63.3 Å². The van der Waals surface area contributed by atoms with Crippen molar-refractivity contribution >= 4 is 44.9 Å². The Bertz CT molecular complexity index is 1170. The van der Waals surface area contributed by atoms with Crippen molar-refractivity contribution in [2.24, 2.45) is 0 Å². The Kier molecular flexibility index (Phi) is 6.18. The molecule has 152 valence electrons. The topological polar surface area (TPSA) is 64.0 Å². The molecule has 9 heteroatoms. The van der Waals surface area contributed by atoms with Crippen LogP contribution in [0.5, 0.6) is 0 Å². The molecule has 0 fully saturated rings. The summed E-state index contributed by atoms with van der Waals surface area (Å²) in [4.78, 5) is 31.7. The molecule has 29 heavy (non-hydrogen) atoms. The molecule has 0 aliphatic heterocycles. The molecule has 0 radical (unpaired) electrons. The lowest BCUT2D eigenvalue weighted by Gasteiger charge is -2.15. The average Bonchev–Trinajstić information content (AvgIpc) is 2.94. The molecule has 1 unspecified atom stereocenters. The van der Waals surface area contributed by atoms with Gasteiger partial charge in [-0.05, 0) is 38.5 Å². The van der Waals surface area contributed by atoms with E-state index in [1.54, 1.807) is 13.0 Å². The monoisotopic (exact) mass is 435 g/mol. The van der Waals surface area contributed by atoms with E-state index < -0.39 is 22.8 Å². The molecule has 0 bridgehead atoms. The van der Waals surface area contributed by atoms with Gasteiger partial charge in [0.05, 0.1) is 16.3 Å². The van der Waals surface area contributed by atoms with Crippen molar-refractivity contribution in [3.8, 4) is 0 Å². The SMILES string of the molecule is C=CCn1c(SC(C)C(=O)Nc2ccc(F)cc2F)nc2sc(C)c(C)c2c1=O. The summed E-state index contributed by atoms with van der Waals surface area (Å²) >= 11 is 2.52. The lowest BCUT2D eigenvalue weighted by Crippen LogP contribution is -2.27. The molecule has 0 spiro atoms. The third-order valence-corrected chi connectivity index (χ3v) is 6.60. The average molecular weight is 436 g/mol. The highest BCUT2D eigenvalue weighted by molar-refractivity contribution is 8.00. The zero-order valence-electron chi connectivity index (χ0n) is 16.1. The summed E-state index contributed by atoms with van der Waals surface area (Å²) in [7, 11) is 0. The van der Waals surface area contributed by atoms with Crippen LogP contribution < -0.4 is 10.9 Å². The molecule has 3 rings (SSSR count). The number of benzene rings is 1. The van der Waals surface area contributed by atoms with E-state index in [0.29, 0.717) is 21.4 Å². The van der Waals surface area contributed by atoms with Crippen LogP contribution in [0.1, 0.15) is 17.4 Å². The Morgan fingerprint density at radius 3 is 2.79 bits per heavy atom. The van der Waals surface area contributed by atoms with Crippen LogP contribution in [0.2, 0.25) is 0 Å². The third-order valence-electron chi connectivity index (χ3n) is 4.41. The van der Waals surface area contributed by atoms with Gasteiger partial charge in [-0.1, -0.05) is 17.8 Å². The van der Waals surface area contributed by atoms with E-state index in [1.165, 1.54) is 15.9 Å². The number of thioether (sulfide) groups is 1. The number of aromatic nitrogens is 2. The first-order chi connectivity index (χ1) is 13.7. The van der Waals surface area contributed by atoms with Crippen molar-refractivity contribution in [2.75, 3.05) is 5.32 Å². The van der Waals surface area contributed by atoms with Gasteiger partial charge in [-0.25, -0.2) is 13.8 Å². The van der Waals surface area contributed by atoms with E-state index in [9.17, 15) is 18.4 Å². The maximum atomic E-state index is 13.8. The third kappa shape index (κ3) is 4.25. The first-order valence-electron chi connectivity index (χ1n) is 8.77. The minimum atomic E-state index is -0.858. The standard InChI is InChI=1S/C20H19F2N3O2S2/c1-5-8-25-19(27)16-10(2)11(3)28-18(16)24-20(25)29-12(4)17(26)23-15-7-6-13(21)9-14(15)22/h5-7,9,12H,1,8H2,2-4H3,(H,23,26). The van der Waals surface area contributed by atoms with Gasteiger partial charge < -0.3 is 5.32 Å². The van der Waals surface area contributed by atoms with Gasteiger partial charge in [-0.2, -0.15) is 0 Å². The molecular weight excluding hydrogens is 416 g/mol. The number of thiophene rings is 1. The molecule has 2 heterocycles. The normalized spacial score (nSPS) is 12.2. The van der Waals surface area contributed by atoms with Crippen LogP contribution in [0, 0.1) is 25.5 Å². The predicted molar refractivity (Wildman–Crippen MR) is 114 cm³/mol. The summed E-state index contributed by atoms with van der Waals surface area (Å²) in [5.41, 5.74) is 0.603. The minimum absolute atomic E-state index is 0.111. The maximum absolute atomic E-state index is 13.8. The highest BCUT2D eigenvalue weighted by Crippen LogP contribution is 2.30. The van der Waals surface area contributed by atoms with E-state index >= 15 is 0 Å². The first-order valence-corrected chi connectivity index (χ1v) is 10.5. The summed E-state index contributed by atoms with van der Waals surface area (Å²) in [6.45, 7) is 9.38. The number of anilines is 1. The van der Waals surface area contributed by atoms with Gasteiger partial charge in [0.1, 0.15) is 16.5 Å². The number of nitrogens with zero attached hydrogens (tertiary/aromatic N) is 2. The molecule has 2 aromatic heterocycles. The highest BCUT2D eigenvalue weighted by Gasteiger charge is 2.22. The molecule has 3 aromatic rings. The second kappa shape index (κ2) is 8.46. The highest BCUT2D eigenvalue weighted by atomic mass is 32.2. The molecule has 0 aliphatic rings. The zero-order valence-corrected chi connectivity index (χ0v) is 17.7. The number of halogens is 2. The fourth-order valence-corrected chi connectivity index (χ4v) is 4.71. The number of amides is 1. The molecule has 1 amide bonds. The Labute approximate surface area is 174 Å². The summed E-state index contributed by atoms with van der Waals surface area (Å²) in [6.07, 6.45) is 1.59. The van der Waals surface area contributed by atoms with E-state index in [-0.39, 0.29) is 17.8 Å². The van der Waals surface area contributed by atoms with E-state index in [1.807, 2.05) is 13.8 Å². The lowest BCUT2D eigenvalue weighted by atomic mass is 10.2. The Morgan fingerprint density at radius 1 is 1.41 bits per heavy atom. The quantitative estimate of drug-likeness (QED) is 0.348. The van der Waals surface area contributed by atoms with Crippen LogP contribution in [0.4, 0.5) is 14.5 Å². The van der Waals surface area contributed by atoms with Crippen LogP contribution in [-0.2, 0) is 11.3 Å². The van der Waals surface area contributed by atoms with Gasteiger partial charge in [-0.3, -0.25) is 14.2 Å². The van der Waals surface area contributed by atoms with Crippen molar-refractivity contribution in [1.82, 2.24) is 9.55 Å². The zero-order chi connectivity index (χ0) is 21.3.